The molecule has 0 aliphatic carbocycles. The minimum absolute atomic E-state index is 0.176. The molecule has 0 N–H and O–H groups in total. The second-order valence-corrected chi connectivity index (χ2v) is 7.63. The number of carbonyl (C=O) groups is 5. The summed E-state index contributed by atoms with van der Waals surface area (Å²) in [6, 6.07) is 5.97. The van der Waals surface area contributed by atoms with Crippen LogP contribution in [0.25, 0.3) is 0 Å². The van der Waals surface area contributed by atoms with E-state index in [0.717, 1.165) is 18.7 Å². The number of hydrogen-bond acceptors (Lipinski definition) is 9. The van der Waals surface area contributed by atoms with Crippen LogP contribution in [-0.2, 0) is 38.1 Å². The first-order chi connectivity index (χ1) is 15.2. The second-order valence-electron chi connectivity index (χ2n) is 7.63. The Morgan fingerprint density at radius 3 is 2.44 bits per heavy atom. The Labute approximate surface area is 183 Å². The summed E-state index contributed by atoms with van der Waals surface area (Å²) in [4.78, 5) is 63.1. The summed E-state index contributed by atoms with van der Waals surface area (Å²) in [6.45, 7) is 4.10. The van der Waals surface area contributed by atoms with E-state index in [-0.39, 0.29) is 17.9 Å². The number of ether oxygens (including phenoxy) is 4. The fourth-order valence-electron chi connectivity index (χ4n) is 4.46. The second kappa shape index (κ2) is 7.86. The number of carbonyl (C=O) groups excluding carboxylic acids is 5. The molecule has 4 atom stereocenters. The summed E-state index contributed by atoms with van der Waals surface area (Å²) in [5, 5.41) is 0. The molecule has 2 fully saturated rings. The van der Waals surface area contributed by atoms with Crippen LogP contribution in [-0.4, -0.2) is 54.3 Å². The van der Waals surface area contributed by atoms with E-state index in [2.05, 4.69) is 0 Å². The van der Waals surface area contributed by atoms with Gasteiger partial charge in [0.1, 0.15) is 0 Å². The van der Waals surface area contributed by atoms with Crippen molar-refractivity contribution in [3.8, 4) is 0 Å². The van der Waals surface area contributed by atoms with E-state index in [1.165, 1.54) is 30.3 Å². The molecule has 4 rings (SSSR count). The van der Waals surface area contributed by atoms with Gasteiger partial charge in [0.2, 0.25) is 11.8 Å². The Morgan fingerprint density at radius 2 is 1.81 bits per heavy atom. The van der Waals surface area contributed by atoms with Crippen molar-refractivity contribution in [2.24, 2.45) is 11.8 Å². The van der Waals surface area contributed by atoms with Crippen LogP contribution in [0.2, 0.25) is 0 Å². The minimum atomic E-state index is -1.63. The fourth-order valence-corrected chi connectivity index (χ4v) is 4.46. The van der Waals surface area contributed by atoms with Gasteiger partial charge in [0.25, 0.3) is 6.29 Å². The third kappa shape index (κ3) is 3.27. The Balaban J connectivity index is 1.71. The smallest absolute Gasteiger partial charge is 0.338 e. The molecule has 10 heteroatoms. The molecule has 1 aromatic carbocycles. The number of imide groups is 1. The Hall–Kier alpha value is -3.53. The van der Waals surface area contributed by atoms with Gasteiger partial charge in [-0.1, -0.05) is 12.1 Å². The standard InChI is InChI=1S/C22H21NO9/c1-4-29-20(28)13-6-5-7-14(10-13)23-18(26)16-15-8-9-22(32-15,17(16)19(23)27)21(30-11(2)24)31-12(3)25/h5-10,15-17,21H,4H2,1-3H3/t15-,16+,17-,22-/m0/s1. The van der Waals surface area contributed by atoms with Crippen molar-refractivity contribution in [1.82, 2.24) is 0 Å². The first-order valence-corrected chi connectivity index (χ1v) is 10.1. The van der Waals surface area contributed by atoms with E-state index in [0.29, 0.717) is 0 Å². The van der Waals surface area contributed by atoms with E-state index < -0.39 is 59.6 Å². The van der Waals surface area contributed by atoms with Gasteiger partial charge in [0.15, 0.2) is 5.60 Å². The van der Waals surface area contributed by atoms with E-state index >= 15 is 0 Å². The lowest BCUT2D eigenvalue weighted by molar-refractivity contribution is -0.226. The quantitative estimate of drug-likeness (QED) is 0.275. The molecule has 2 amide bonds. The van der Waals surface area contributed by atoms with Crippen LogP contribution in [0.4, 0.5) is 5.69 Å². The lowest BCUT2D eigenvalue weighted by Gasteiger charge is -2.34. The Bertz CT molecular complexity index is 1030. The van der Waals surface area contributed by atoms with Crippen LogP contribution >= 0.6 is 0 Å². The van der Waals surface area contributed by atoms with Gasteiger partial charge in [-0.05, 0) is 31.2 Å². The summed E-state index contributed by atoms with van der Waals surface area (Å²) in [5.41, 5.74) is -1.25. The normalized spacial score (nSPS) is 27.6. The molecule has 0 saturated carbocycles. The summed E-state index contributed by atoms with van der Waals surface area (Å²) in [6.07, 6.45) is 0.781. The van der Waals surface area contributed by atoms with E-state index in [1.54, 1.807) is 13.0 Å². The minimum Gasteiger partial charge on any atom is -0.462 e. The molecule has 0 radical (unpaired) electrons. The van der Waals surface area contributed by atoms with Crippen molar-refractivity contribution in [1.29, 1.82) is 0 Å². The summed E-state index contributed by atoms with van der Waals surface area (Å²) >= 11 is 0. The Kier molecular flexibility index (Phi) is 5.33. The average molecular weight is 443 g/mol. The van der Waals surface area contributed by atoms with Gasteiger partial charge in [0.05, 0.1) is 35.8 Å². The third-order valence-corrected chi connectivity index (χ3v) is 5.61. The summed E-state index contributed by atoms with van der Waals surface area (Å²) < 4.78 is 21.2. The molecule has 0 aromatic heterocycles. The summed E-state index contributed by atoms with van der Waals surface area (Å²) in [5.74, 6) is -5.19. The van der Waals surface area contributed by atoms with Gasteiger partial charge in [-0.3, -0.25) is 19.2 Å². The lowest BCUT2D eigenvalue weighted by atomic mass is 9.76. The number of rotatable bonds is 6. The zero-order valence-electron chi connectivity index (χ0n) is 17.6. The molecule has 10 nitrogen and oxygen atoms in total. The topological polar surface area (TPSA) is 126 Å². The van der Waals surface area contributed by atoms with Gasteiger partial charge in [0, 0.05) is 13.8 Å². The van der Waals surface area contributed by atoms with Crippen molar-refractivity contribution in [3.05, 3.63) is 42.0 Å². The number of nitrogens with zero attached hydrogens (tertiary/aromatic N) is 1. The van der Waals surface area contributed by atoms with Crippen molar-refractivity contribution in [2.45, 2.75) is 38.8 Å². The van der Waals surface area contributed by atoms with Crippen molar-refractivity contribution in [3.63, 3.8) is 0 Å². The lowest BCUT2D eigenvalue weighted by Crippen LogP contribution is -2.52. The predicted octanol–water partition coefficient (Wildman–Crippen LogP) is 1.13. The highest BCUT2D eigenvalue weighted by atomic mass is 16.7. The van der Waals surface area contributed by atoms with Crippen LogP contribution in [0.3, 0.4) is 0 Å². The largest absolute Gasteiger partial charge is 0.462 e. The first kappa shape index (κ1) is 21.7. The van der Waals surface area contributed by atoms with Gasteiger partial charge < -0.3 is 18.9 Å². The molecular formula is C22H21NO9. The highest BCUT2D eigenvalue weighted by molar-refractivity contribution is 6.23. The molecule has 0 unspecified atom stereocenters. The van der Waals surface area contributed by atoms with Gasteiger partial charge in [-0.15, -0.1) is 0 Å². The zero-order valence-corrected chi connectivity index (χ0v) is 17.6. The van der Waals surface area contributed by atoms with Crippen LogP contribution in [0, 0.1) is 11.8 Å². The highest BCUT2D eigenvalue weighted by Crippen LogP contribution is 2.54. The molecular weight excluding hydrogens is 422 g/mol. The van der Waals surface area contributed by atoms with E-state index in [1.807, 2.05) is 0 Å². The summed E-state index contributed by atoms with van der Waals surface area (Å²) in [7, 11) is 0. The number of esters is 3. The van der Waals surface area contributed by atoms with Crippen LogP contribution in [0.5, 0.6) is 0 Å². The third-order valence-electron chi connectivity index (χ3n) is 5.61. The van der Waals surface area contributed by atoms with Crippen molar-refractivity contribution >= 4 is 35.4 Å². The molecule has 3 aliphatic rings. The molecule has 2 bridgehead atoms. The van der Waals surface area contributed by atoms with Gasteiger partial charge in [-0.25, -0.2) is 9.69 Å². The number of fused-ring (bicyclic) bond motifs is 5. The fraction of sp³-hybridized carbons (Fsp3) is 0.409. The van der Waals surface area contributed by atoms with Crippen LogP contribution in [0.15, 0.2) is 36.4 Å². The van der Waals surface area contributed by atoms with Gasteiger partial charge in [-0.2, -0.15) is 0 Å². The van der Waals surface area contributed by atoms with Crippen LogP contribution in [0.1, 0.15) is 31.1 Å². The molecule has 2 saturated heterocycles. The van der Waals surface area contributed by atoms with Crippen molar-refractivity contribution in [2.75, 3.05) is 11.5 Å². The number of benzene rings is 1. The predicted molar refractivity (Wildman–Crippen MR) is 106 cm³/mol. The maximum atomic E-state index is 13.5. The molecule has 168 valence electrons. The van der Waals surface area contributed by atoms with Crippen LogP contribution < -0.4 is 4.90 Å². The molecule has 1 aromatic rings. The maximum absolute atomic E-state index is 13.5. The molecule has 0 spiro atoms. The monoisotopic (exact) mass is 443 g/mol. The SMILES string of the molecule is CCOC(=O)c1cccc(N2C(=O)[C@@H]3[C@@H]4C=C[C@](C(OC(C)=O)OC(C)=O)(O4)[C@@H]3C2=O)c1. The average Bonchev–Trinajstić information content (AvgIpc) is 3.38. The molecule has 3 heterocycles. The maximum Gasteiger partial charge on any atom is 0.338 e. The molecule has 32 heavy (non-hydrogen) atoms. The highest BCUT2D eigenvalue weighted by Gasteiger charge is 2.72. The van der Waals surface area contributed by atoms with E-state index in [4.69, 9.17) is 18.9 Å². The number of hydrogen-bond donors (Lipinski definition) is 0. The van der Waals surface area contributed by atoms with Crippen molar-refractivity contribution < 1.29 is 42.9 Å². The van der Waals surface area contributed by atoms with Gasteiger partial charge >= 0.3 is 17.9 Å². The number of amides is 2. The Morgan fingerprint density at radius 1 is 1.12 bits per heavy atom. The van der Waals surface area contributed by atoms with E-state index in [9.17, 15) is 24.0 Å². The number of anilines is 1. The zero-order chi connectivity index (χ0) is 23.2. The first-order valence-electron chi connectivity index (χ1n) is 10.1. The molecule has 3 aliphatic heterocycles.